The molecule has 0 unspecified atom stereocenters. The number of aromatic nitrogens is 2. The molecule has 13 aromatic rings. The number of hydrogen-bond donors (Lipinski definition) is 0. The quantitative estimate of drug-likeness (QED) is 0.163. The maximum atomic E-state index is 5.55. The van der Waals surface area contributed by atoms with E-state index in [9.17, 15) is 0 Å². The fourth-order valence-electron chi connectivity index (χ4n) is 10.2. The molecule has 0 saturated heterocycles. The molecule has 2 aromatic heterocycles. The molecular weight excluding hydrogens is 737 g/mol. The first-order chi connectivity index (χ1) is 30.3. The first kappa shape index (κ1) is 33.9. The van der Waals surface area contributed by atoms with Crippen LogP contribution >= 0.6 is 0 Å². The topological polar surface area (TPSA) is 17.8 Å². The van der Waals surface area contributed by atoms with Crippen LogP contribution in [-0.4, -0.2) is 9.55 Å². The predicted molar refractivity (Wildman–Crippen MR) is 260 cm³/mol. The number of benzene rings is 11. The standard InChI is InChI=1S/C59H36N2/c1-2-14-37(15-3-1)38-26-28-40(29-27-38)51-36-56(60-54-25-13-12-24-50(51)54)61-55-33-31-39-16-4-6-18-43(39)58(55)53-34-41-17-5-7-19-44(41)57(59(53)61)42-30-32-49-47-22-9-8-20-45(47)46-21-10-11-23-48(46)52(49)35-42/h1-36H. The lowest BCUT2D eigenvalue weighted by atomic mass is 9.89. The second kappa shape index (κ2) is 13.2. The van der Waals surface area contributed by atoms with Crippen LogP contribution in [0.5, 0.6) is 0 Å². The van der Waals surface area contributed by atoms with Gasteiger partial charge in [-0.3, -0.25) is 4.57 Å². The monoisotopic (exact) mass is 772 g/mol. The van der Waals surface area contributed by atoms with Crippen LogP contribution in [0.15, 0.2) is 218 Å². The Hall–Kier alpha value is -8.07. The van der Waals surface area contributed by atoms with E-state index in [0.717, 1.165) is 38.9 Å². The molecule has 0 aliphatic carbocycles. The van der Waals surface area contributed by atoms with Crippen LogP contribution < -0.4 is 0 Å². The third-order valence-electron chi connectivity index (χ3n) is 12.9. The molecule has 0 aliphatic rings. The van der Waals surface area contributed by atoms with Crippen molar-refractivity contribution < 1.29 is 0 Å². The third kappa shape index (κ3) is 5.13. The van der Waals surface area contributed by atoms with E-state index in [1.807, 2.05) is 0 Å². The van der Waals surface area contributed by atoms with Gasteiger partial charge < -0.3 is 0 Å². The van der Waals surface area contributed by atoms with Gasteiger partial charge in [-0.1, -0.05) is 188 Å². The summed E-state index contributed by atoms with van der Waals surface area (Å²) in [5.41, 5.74) is 10.4. The van der Waals surface area contributed by atoms with Crippen molar-refractivity contribution in [3.05, 3.63) is 218 Å². The Morgan fingerprint density at radius 1 is 0.311 bits per heavy atom. The summed E-state index contributed by atoms with van der Waals surface area (Å²) < 4.78 is 2.45. The van der Waals surface area contributed by atoms with E-state index >= 15 is 0 Å². The zero-order valence-corrected chi connectivity index (χ0v) is 33.2. The number of para-hydroxylation sites is 1. The molecule has 0 bridgehead atoms. The Kier molecular flexibility index (Phi) is 7.34. The smallest absolute Gasteiger partial charge is 0.138 e. The minimum Gasteiger partial charge on any atom is -0.293 e. The molecular formula is C59H36N2. The van der Waals surface area contributed by atoms with Gasteiger partial charge in [0, 0.05) is 21.7 Å². The largest absolute Gasteiger partial charge is 0.293 e. The summed E-state index contributed by atoms with van der Waals surface area (Å²) in [6.45, 7) is 0. The van der Waals surface area contributed by atoms with Crippen LogP contribution in [-0.2, 0) is 0 Å². The zero-order chi connectivity index (χ0) is 40.0. The molecule has 0 atom stereocenters. The van der Waals surface area contributed by atoms with E-state index in [-0.39, 0.29) is 0 Å². The van der Waals surface area contributed by atoms with Gasteiger partial charge in [0.25, 0.3) is 0 Å². The molecule has 2 heteroatoms. The molecule has 0 spiro atoms. The summed E-state index contributed by atoms with van der Waals surface area (Å²) in [5, 5.41) is 16.1. The second-order valence-corrected chi connectivity index (χ2v) is 16.2. The van der Waals surface area contributed by atoms with Crippen molar-refractivity contribution >= 4 is 86.6 Å². The number of hydrogen-bond acceptors (Lipinski definition) is 1. The maximum Gasteiger partial charge on any atom is 0.138 e. The fraction of sp³-hybridized carbons (Fsp3) is 0. The molecule has 11 aromatic carbocycles. The molecule has 13 rings (SSSR count). The van der Waals surface area contributed by atoms with E-state index in [1.165, 1.54) is 86.9 Å². The van der Waals surface area contributed by atoms with Gasteiger partial charge in [0.1, 0.15) is 5.82 Å². The van der Waals surface area contributed by atoms with Crippen molar-refractivity contribution in [2.45, 2.75) is 0 Å². The van der Waals surface area contributed by atoms with Crippen molar-refractivity contribution in [3.8, 4) is 39.2 Å². The zero-order valence-electron chi connectivity index (χ0n) is 33.2. The summed E-state index contributed by atoms with van der Waals surface area (Å²) in [4.78, 5) is 5.55. The lowest BCUT2D eigenvalue weighted by molar-refractivity contribution is 1.10. The highest BCUT2D eigenvalue weighted by Crippen LogP contribution is 2.47. The average molecular weight is 773 g/mol. The van der Waals surface area contributed by atoms with Gasteiger partial charge >= 0.3 is 0 Å². The van der Waals surface area contributed by atoms with Crippen LogP contribution in [0.25, 0.3) is 126 Å². The van der Waals surface area contributed by atoms with Gasteiger partial charge in [-0.2, -0.15) is 0 Å². The second-order valence-electron chi connectivity index (χ2n) is 16.2. The van der Waals surface area contributed by atoms with Gasteiger partial charge in [0.15, 0.2) is 0 Å². The van der Waals surface area contributed by atoms with Crippen molar-refractivity contribution in [1.29, 1.82) is 0 Å². The van der Waals surface area contributed by atoms with Crippen LogP contribution in [0, 0.1) is 0 Å². The van der Waals surface area contributed by atoms with Gasteiger partial charge in [-0.15, -0.1) is 0 Å². The molecule has 0 N–H and O–H groups in total. The lowest BCUT2D eigenvalue weighted by Gasteiger charge is -2.17. The highest BCUT2D eigenvalue weighted by molar-refractivity contribution is 6.29. The van der Waals surface area contributed by atoms with Crippen LogP contribution in [0.3, 0.4) is 0 Å². The van der Waals surface area contributed by atoms with Gasteiger partial charge in [0.2, 0.25) is 0 Å². The van der Waals surface area contributed by atoms with Crippen molar-refractivity contribution in [1.82, 2.24) is 9.55 Å². The Balaban J connectivity index is 1.17. The number of fused-ring (bicyclic) bond motifs is 13. The lowest BCUT2D eigenvalue weighted by Crippen LogP contribution is -2.01. The molecule has 0 radical (unpaired) electrons. The van der Waals surface area contributed by atoms with E-state index in [0.29, 0.717) is 0 Å². The molecule has 0 aliphatic heterocycles. The normalized spacial score (nSPS) is 11.9. The number of rotatable bonds is 4. The molecule has 0 saturated carbocycles. The highest BCUT2D eigenvalue weighted by Gasteiger charge is 2.23. The fourth-order valence-corrected chi connectivity index (χ4v) is 10.2. The Bertz CT molecular complexity index is 3880. The highest BCUT2D eigenvalue weighted by atomic mass is 15.1. The minimum absolute atomic E-state index is 0.893. The van der Waals surface area contributed by atoms with E-state index < -0.39 is 0 Å². The molecule has 0 fully saturated rings. The maximum absolute atomic E-state index is 5.55. The van der Waals surface area contributed by atoms with Gasteiger partial charge in [-0.25, -0.2) is 4.98 Å². The van der Waals surface area contributed by atoms with Crippen molar-refractivity contribution in [3.63, 3.8) is 0 Å². The average Bonchev–Trinajstić information content (AvgIpc) is 3.67. The van der Waals surface area contributed by atoms with E-state index in [1.54, 1.807) is 0 Å². The number of nitrogens with zero attached hydrogens (tertiary/aromatic N) is 2. The first-order valence-electron chi connectivity index (χ1n) is 21.0. The molecule has 61 heavy (non-hydrogen) atoms. The molecule has 2 heterocycles. The summed E-state index contributed by atoms with van der Waals surface area (Å²) in [6, 6.07) is 80.0. The minimum atomic E-state index is 0.893. The van der Waals surface area contributed by atoms with Crippen molar-refractivity contribution in [2.24, 2.45) is 0 Å². The van der Waals surface area contributed by atoms with Crippen LogP contribution in [0.2, 0.25) is 0 Å². The van der Waals surface area contributed by atoms with Crippen LogP contribution in [0.1, 0.15) is 0 Å². The Morgan fingerprint density at radius 3 is 1.59 bits per heavy atom. The van der Waals surface area contributed by atoms with Crippen molar-refractivity contribution in [2.75, 3.05) is 0 Å². The summed E-state index contributed by atoms with van der Waals surface area (Å²) >= 11 is 0. The molecule has 282 valence electrons. The first-order valence-corrected chi connectivity index (χ1v) is 21.0. The van der Waals surface area contributed by atoms with E-state index in [4.69, 9.17) is 4.98 Å². The number of pyridine rings is 1. The summed E-state index contributed by atoms with van der Waals surface area (Å²) in [6.07, 6.45) is 0. The SMILES string of the molecule is c1ccc(-c2ccc(-c3cc(-n4c5ccc6ccccc6c5c5cc6ccccc6c(-c6ccc7c8ccccc8c8ccccc8c7c6)c54)nc4ccccc34)cc2)cc1. The van der Waals surface area contributed by atoms with Crippen LogP contribution in [0.4, 0.5) is 0 Å². The molecule has 0 amide bonds. The Morgan fingerprint density at radius 2 is 0.852 bits per heavy atom. The summed E-state index contributed by atoms with van der Waals surface area (Å²) in [5.74, 6) is 0.893. The third-order valence-corrected chi connectivity index (χ3v) is 12.9. The van der Waals surface area contributed by atoms with Gasteiger partial charge in [0.05, 0.1) is 16.6 Å². The predicted octanol–water partition coefficient (Wildman–Crippen LogP) is 16.1. The van der Waals surface area contributed by atoms with Gasteiger partial charge in [-0.05, 0) is 112 Å². The molecule has 2 nitrogen and oxygen atoms in total. The van der Waals surface area contributed by atoms with E-state index in [2.05, 4.69) is 223 Å². The summed E-state index contributed by atoms with van der Waals surface area (Å²) in [7, 11) is 0. The Labute approximate surface area is 352 Å².